The van der Waals surface area contributed by atoms with Gasteiger partial charge in [-0.2, -0.15) is 0 Å². The van der Waals surface area contributed by atoms with Crippen LogP contribution in [0.1, 0.15) is 42.5 Å². The van der Waals surface area contributed by atoms with E-state index in [-0.39, 0.29) is 11.9 Å². The van der Waals surface area contributed by atoms with Crippen molar-refractivity contribution in [2.45, 2.75) is 32.2 Å². The van der Waals surface area contributed by atoms with Crippen LogP contribution in [0.5, 0.6) is 11.5 Å². The summed E-state index contributed by atoms with van der Waals surface area (Å²) < 4.78 is 10.9. The van der Waals surface area contributed by atoms with E-state index in [0.29, 0.717) is 18.1 Å². The van der Waals surface area contributed by atoms with Crippen LogP contribution in [0.25, 0.3) is 6.08 Å². The van der Waals surface area contributed by atoms with E-state index in [0.717, 1.165) is 24.8 Å². The molecule has 0 saturated heterocycles. The number of fused-ring (bicyclic) bond motifs is 1. The summed E-state index contributed by atoms with van der Waals surface area (Å²) in [7, 11) is 1.61. The van der Waals surface area contributed by atoms with Crippen molar-refractivity contribution in [3.63, 3.8) is 0 Å². The Kier molecular flexibility index (Phi) is 5.95. The van der Waals surface area contributed by atoms with Crippen molar-refractivity contribution in [2.75, 3.05) is 13.7 Å². The van der Waals surface area contributed by atoms with E-state index in [2.05, 4.69) is 23.5 Å². The van der Waals surface area contributed by atoms with Crippen LogP contribution in [0.15, 0.2) is 48.5 Å². The zero-order valence-corrected chi connectivity index (χ0v) is 15.3. The van der Waals surface area contributed by atoms with E-state index < -0.39 is 0 Å². The topological polar surface area (TPSA) is 47.6 Å². The van der Waals surface area contributed by atoms with Crippen LogP contribution in [-0.2, 0) is 11.2 Å². The van der Waals surface area contributed by atoms with Crippen LogP contribution < -0.4 is 14.8 Å². The second-order valence-electron chi connectivity index (χ2n) is 6.33. The van der Waals surface area contributed by atoms with Gasteiger partial charge in [-0.3, -0.25) is 4.79 Å². The maximum atomic E-state index is 12.4. The lowest BCUT2D eigenvalue weighted by atomic mass is 9.88. The van der Waals surface area contributed by atoms with Gasteiger partial charge in [0.1, 0.15) is 0 Å². The van der Waals surface area contributed by atoms with Gasteiger partial charge >= 0.3 is 0 Å². The van der Waals surface area contributed by atoms with Crippen molar-refractivity contribution >= 4 is 12.0 Å². The molecule has 0 aliphatic heterocycles. The average Bonchev–Trinajstić information content (AvgIpc) is 2.67. The minimum atomic E-state index is -0.0829. The van der Waals surface area contributed by atoms with E-state index in [1.54, 1.807) is 19.3 Å². The fraction of sp³-hybridized carbons (Fsp3) is 0.318. The SMILES string of the molecule is CCOc1cc(/C=C/C(=O)N[C@H]2CCCc3ccccc32)ccc1OC. The van der Waals surface area contributed by atoms with Gasteiger partial charge in [-0.1, -0.05) is 30.3 Å². The first kappa shape index (κ1) is 18.1. The normalized spacial score (nSPS) is 16.2. The standard InChI is InChI=1S/C22H25NO3/c1-3-26-21-15-16(11-13-20(21)25-2)12-14-22(24)23-19-10-6-8-17-7-4-5-9-18(17)19/h4-5,7,9,11-15,19H,3,6,8,10H2,1-2H3,(H,23,24)/b14-12+/t19-/m0/s1. The van der Waals surface area contributed by atoms with Gasteiger partial charge in [0.15, 0.2) is 11.5 Å². The zero-order valence-electron chi connectivity index (χ0n) is 15.3. The Hall–Kier alpha value is -2.75. The van der Waals surface area contributed by atoms with Crippen molar-refractivity contribution in [3.05, 3.63) is 65.2 Å². The molecule has 2 aromatic rings. The molecule has 0 radical (unpaired) electrons. The highest BCUT2D eigenvalue weighted by molar-refractivity contribution is 5.92. The van der Waals surface area contributed by atoms with Gasteiger partial charge in [-0.15, -0.1) is 0 Å². The number of hydrogen-bond donors (Lipinski definition) is 1. The molecule has 1 N–H and O–H groups in total. The second-order valence-corrected chi connectivity index (χ2v) is 6.33. The van der Waals surface area contributed by atoms with Crippen LogP contribution in [0.3, 0.4) is 0 Å². The molecule has 2 aromatic carbocycles. The number of ether oxygens (including phenoxy) is 2. The number of carbonyl (C=O) groups is 1. The molecular weight excluding hydrogens is 326 g/mol. The Morgan fingerprint density at radius 2 is 2.08 bits per heavy atom. The Balaban J connectivity index is 1.68. The maximum Gasteiger partial charge on any atom is 0.244 e. The second kappa shape index (κ2) is 8.56. The third-order valence-corrected chi connectivity index (χ3v) is 4.60. The molecule has 26 heavy (non-hydrogen) atoms. The first-order valence-electron chi connectivity index (χ1n) is 9.08. The highest BCUT2D eigenvalue weighted by Gasteiger charge is 2.20. The molecule has 0 heterocycles. The lowest BCUT2D eigenvalue weighted by molar-refractivity contribution is -0.117. The lowest BCUT2D eigenvalue weighted by Gasteiger charge is -2.25. The highest BCUT2D eigenvalue weighted by Crippen LogP contribution is 2.30. The minimum absolute atomic E-state index is 0.0829. The van der Waals surface area contributed by atoms with Gasteiger partial charge in [-0.05, 0) is 61.1 Å². The van der Waals surface area contributed by atoms with E-state index >= 15 is 0 Å². The van der Waals surface area contributed by atoms with Gasteiger partial charge < -0.3 is 14.8 Å². The Morgan fingerprint density at radius 3 is 2.88 bits per heavy atom. The molecule has 1 aliphatic carbocycles. The lowest BCUT2D eigenvalue weighted by Crippen LogP contribution is -2.29. The van der Waals surface area contributed by atoms with Crippen LogP contribution in [0.4, 0.5) is 0 Å². The summed E-state index contributed by atoms with van der Waals surface area (Å²) in [6, 6.07) is 14.1. The van der Waals surface area contributed by atoms with Crippen LogP contribution >= 0.6 is 0 Å². The predicted octanol–water partition coefficient (Wildman–Crippen LogP) is 4.30. The Morgan fingerprint density at radius 1 is 1.23 bits per heavy atom. The van der Waals surface area contributed by atoms with Gasteiger partial charge in [0.05, 0.1) is 19.8 Å². The molecule has 0 fully saturated rings. The van der Waals surface area contributed by atoms with Crippen LogP contribution in [0, 0.1) is 0 Å². The fourth-order valence-electron chi connectivity index (χ4n) is 3.36. The van der Waals surface area contributed by atoms with Crippen molar-refractivity contribution in [3.8, 4) is 11.5 Å². The number of benzene rings is 2. The summed E-state index contributed by atoms with van der Waals surface area (Å²) >= 11 is 0. The minimum Gasteiger partial charge on any atom is -0.493 e. The average molecular weight is 351 g/mol. The number of amides is 1. The molecule has 4 heteroatoms. The highest BCUT2D eigenvalue weighted by atomic mass is 16.5. The van der Waals surface area contributed by atoms with Crippen molar-refractivity contribution < 1.29 is 14.3 Å². The zero-order chi connectivity index (χ0) is 18.4. The summed E-state index contributed by atoms with van der Waals surface area (Å²) in [5, 5.41) is 3.13. The molecule has 0 saturated carbocycles. The van der Waals surface area contributed by atoms with E-state index in [4.69, 9.17) is 9.47 Å². The van der Waals surface area contributed by atoms with E-state index in [1.807, 2.05) is 31.2 Å². The molecule has 0 spiro atoms. The van der Waals surface area contributed by atoms with E-state index in [1.165, 1.54) is 11.1 Å². The molecule has 0 unspecified atom stereocenters. The summed E-state index contributed by atoms with van der Waals surface area (Å²) in [5.41, 5.74) is 3.47. The fourth-order valence-corrected chi connectivity index (χ4v) is 3.36. The Bertz CT molecular complexity index is 798. The first-order chi connectivity index (χ1) is 12.7. The molecule has 1 amide bonds. The van der Waals surface area contributed by atoms with Crippen molar-refractivity contribution in [1.29, 1.82) is 0 Å². The van der Waals surface area contributed by atoms with Gasteiger partial charge in [-0.25, -0.2) is 0 Å². The number of hydrogen-bond acceptors (Lipinski definition) is 3. The number of carbonyl (C=O) groups excluding carboxylic acids is 1. The van der Waals surface area contributed by atoms with Gasteiger partial charge in [0.25, 0.3) is 0 Å². The molecule has 1 atom stereocenters. The smallest absolute Gasteiger partial charge is 0.244 e. The number of aryl methyl sites for hydroxylation is 1. The summed E-state index contributed by atoms with van der Waals surface area (Å²) in [4.78, 5) is 12.4. The van der Waals surface area contributed by atoms with Crippen LogP contribution in [-0.4, -0.2) is 19.6 Å². The van der Waals surface area contributed by atoms with Crippen molar-refractivity contribution in [1.82, 2.24) is 5.32 Å². The molecule has 3 rings (SSSR count). The molecule has 0 bridgehead atoms. The first-order valence-corrected chi connectivity index (χ1v) is 9.08. The Labute approximate surface area is 154 Å². The van der Waals surface area contributed by atoms with Gasteiger partial charge in [0.2, 0.25) is 5.91 Å². The summed E-state index contributed by atoms with van der Waals surface area (Å²) in [6.07, 6.45) is 6.54. The van der Waals surface area contributed by atoms with Gasteiger partial charge in [0, 0.05) is 6.08 Å². The largest absolute Gasteiger partial charge is 0.493 e. The molecule has 1 aliphatic rings. The summed E-state index contributed by atoms with van der Waals surface area (Å²) in [6.45, 7) is 2.49. The molecular formula is C22H25NO3. The number of rotatable bonds is 6. The van der Waals surface area contributed by atoms with E-state index in [9.17, 15) is 4.79 Å². The molecule has 4 nitrogen and oxygen atoms in total. The maximum absolute atomic E-state index is 12.4. The predicted molar refractivity (Wildman–Crippen MR) is 103 cm³/mol. The molecule has 136 valence electrons. The number of nitrogens with one attached hydrogen (secondary N) is 1. The van der Waals surface area contributed by atoms with Crippen LogP contribution in [0.2, 0.25) is 0 Å². The quantitative estimate of drug-likeness (QED) is 0.789. The third-order valence-electron chi connectivity index (χ3n) is 4.60. The number of methoxy groups -OCH3 is 1. The third kappa shape index (κ3) is 4.26. The van der Waals surface area contributed by atoms with Crippen molar-refractivity contribution in [2.24, 2.45) is 0 Å². The molecule has 0 aromatic heterocycles. The summed E-state index contributed by atoms with van der Waals surface area (Å²) in [5.74, 6) is 1.28. The monoisotopic (exact) mass is 351 g/mol.